The van der Waals surface area contributed by atoms with Crippen LogP contribution >= 0.6 is 0 Å². The maximum Gasteiger partial charge on any atom is 0.115 e. The van der Waals surface area contributed by atoms with E-state index in [9.17, 15) is 10.2 Å². The third-order valence-electron chi connectivity index (χ3n) is 4.77. The van der Waals surface area contributed by atoms with Crippen molar-refractivity contribution in [3.8, 4) is 5.75 Å². The van der Waals surface area contributed by atoms with Gasteiger partial charge in [0.2, 0.25) is 0 Å². The first kappa shape index (κ1) is 16.0. The fourth-order valence-electron chi connectivity index (χ4n) is 3.51. The molecule has 1 heterocycles. The molecule has 0 aliphatic carbocycles. The Labute approximate surface area is 138 Å². The summed E-state index contributed by atoms with van der Waals surface area (Å²) in [6.45, 7) is 1.95. The predicted molar refractivity (Wildman–Crippen MR) is 92.4 cm³/mol. The van der Waals surface area contributed by atoms with Crippen LogP contribution in [0.3, 0.4) is 0 Å². The zero-order chi connectivity index (χ0) is 16.1. The average Bonchev–Trinajstić information content (AvgIpc) is 2.60. The Balaban J connectivity index is 1.66. The van der Waals surface area contributed by atoms with Crippen molar-refractivity contribution in [2.75, 3.05) is 13.1 Å². The molecule has 0 bridgehead atoms. The molecule has 1 aliphatic heterocycles. The van der Waals surface area contributed by atoms with E-state index in [4.69, 9.17) is 0 Å². The molecular formula is C20H25NO2. The van der Waals surface area contributed by atoms with Crippen molar-refractivity contribution in [1.82, 2.24) is 4.90 Å². The number of phenols is 1. The van der Waals surface area contributed by atoms with Crippen molar-refractivity contribution >= 4 is 0 Å². The third-order valence-corrected chi connectivity index (χ3v) is 4.77. The maximum absolute atomic E-state index is 10.8. The maximum atomic E-state index is 10.8. The molecule has 0 radical (unpaired) electrons. The lowest BCUT2D eigenvalue weighted by Gasteiger charge is -2.38. The van der Waals surface area contributed by atoms with Crippen molar-refractivity contribution < 1.29 is 10.2 Å². The number of piperidine rings is 1. The molecule has 0 unspecified atom stereocenters. The third kappa shape index (κ3) is 4.12. The average molecular weight is 311 g/mol. The van der Waals surface area contributed by atoms with Gasteiger partial charge in [-0.15, -0.1) is 0 Å². The van der Waals surface area contributed by atoms with Crippen molar-refractivity contribution in [2.24, 2.45) is 0 Å². The minimum absolute atomic E-state index is 0.184. The number of hydrogen-bond acceptors (Lipinski definition) is 3. The first-order valence-electron chi connectivity index (χ1n) is 8.49. The van der Waals surface area contributed by atoms with E-state index in [1.165, 1.54) is 12.8 Å². The Bertz CT molecular complexity index is 614. The number of likely N-dealkylation sites (tertiary alicyclic amines) is 1. The van der Waals surface area contributed by atoms with Crippen LogP contribution in [0.1, 0.15) is 36.5 Å². The van der Waals surface area contributed by atoms with Crippen LogP contribution in [0, 0.1) is 0 Å². The van der Waals surface area contributed by atoms with Gasteiger partial charge in [0.25, 0.3) is 0 Å². The van der Waals surface area contributed by atoms with Gasteiger partial charge in [0.05, 0.1) is 6.10 Å². The van der Waals surface area contributed by atoms with Crippen LogP contribution in [0.25, 0.3) is 0 Å². The second kappa shape index (κ2) is 7.62. The van der Waals surface area contributed by atoms with E-state index in [1.807, 2.05) is 48.5 Å². The predicted octanol–water partition coefficient (Wildman–Crippen LogP) is 3.52. The Morgan fingerprint density at radius 2 is 1.87 bits per heavy atom. The lowest BCUT2D eigenvalue weighted by Crippen LogP contribution is -2.44. The summed E-state index contributed by atoms with van der Waals surface area (Å²) in [6, 6.07) is 17.6. The first-order valence-corrected chi connectivity index (χ1v) is 8.49. The van der Waals surface area contributed by atoms with Crippen molar-refractivity contribution in [3.63, 3.8) is 0 Å². The lowest BCUT2D eigenvalue weighted by atomic mass is 9.92. The van der Waals surface area contributed by atoms with E-state index >= 15 is 0 Å². The molecule has 0 saturated carbocycles. The quantitative estimate of drug-likeness (QED) is 0.888. The van der Waals surface area contributed by atoms with Gasteiger partial charge in [-0.05, 0) is 49.1 Å². The zero-order valence-corrected chi connectivity index (χ0v) is 13.4. The Morgan fingerprint density at radius 3 is 2.65 bits per heavy atom. The highest BCUT2D eigenvalue weighted by atomic mass is 16.3. The fourth-order valence-corrected chi connectivity index (χ4v) is 3.51. The zero-order valence-electron chi connectivity index (χ0n) is 13.4. The van der Waals surface area contributed by atoms with E-state index in [-0.39, 0.29) is 6.04 Å². The minimum atomic E-state index is -0.430. The number of aromatic hydroxyl groups is 1. The first-order chi connectivity index (χ1) is 11.2. The summed E-state index contributed by atoms with van der Waals surface area (Å²) in [5.41, 5.74) is 2.14. The van der Waals surface area contributed by atoms with E-state index < -0.39 is 6.10 Å². The van der Waals surface area contributed by atoms with Crippen LogP contribution in [0.4, 0.5) is 0 Å². The topological polar surface area (TPSA) is 43.7 Å². The molecule has 0 amide bonds. The number of hydrogen-bond donors (Lipinski definition) is 2. The summed E-state index contributed by atoms with van der Waals surface area (Å²) >= 11 is 0. The number of phenolic OH excluding ortho intramolecular Hbond substituents is 1. The number of aliphatic hydroxyl groups excluding tert-OH is 1. The molecule has 2 aromatic carbocycles. The largest absolute Gasteiger partial charge is 0.508 e. The smallest absolute Gasteiger partial charge is 0.115 e. The molecule has 3 rings (SSSR count). The van der Waals surface area contributed by atoms with Gasteiger partial charge in [0, 0.05) is 12.6 Å². The molecule has 3 heteroatoms. The molecule has 1 fully saturated rings. The summed E-state index contributed by atoms with van der Waals surface area (Å²) in [7, 11) is 0. The van der Waals surface area contributed by atoms with Crippen LogP contribution in [0.15, 0.2) is 54.6 Å². The molecular weight excluding hydrogens is 286 g/mol. The Kier molecular flexibility index (Phi) is 5.31. The Morgan fingerprint density at radius 1 is 1.04 bits per heavy atom. The standard InChI is InChI=1S/C20H25NO2/c22-18-10-6-7-16(15-18)12-14-21-13-5-4-11-19(21)20(23)17-8-2-1-3-9-17/h1-3,6-10,15,19-20,22-23H,4-5,11-14H2/t19-,20-/m1/s1. The normalized spacial score (nSPS) is 20.3. The number of nitrogens with zero attached hydrogens (tertiary/aromatic N) is 1. The summed E-state index contributed by atoms with van der Waals surface area (Å²) in [5, 5.41) is 20.4. The fraction of sp³-hybridized carbons (Fsp3) is 0.400. The number of aliphatic hydroxyl groups is 1. The summed E-state index contributed by atoms with van der Waals surface area (Å²) < 4.78 is 0. The van der Waals surface area contributed by atoms with Gasteiger partial charge in [-0.2, -0.15) is 0 Å². The van der Waals surface area contributed by atoms with Gasteiger partial charge in [-0.1, -0.05) is 48.9 Å². The molecule has 2 atom stereocenters. The van der Waals surface area contributed by atoms with Gasteiger partial charge in [0.1, 0.15) is 5.75 Å². The van der Waals surface area contributed by atoms with Crippen molar-refractivity contribution in [1.29, 1.82) is 0 Å². The summed E-state index contributed by atoms with van der Waals surface area (Å²) in [6.07, 6.45) is 3.87. The van der Waals surface area contributed by atoms with Gasteiger partial charge in [0.15, 0.2) is 0 Å². The van der Waals surface area contributed by atoms with Crippen LogP contribution < -0.4 is 0 Å². The molecule has 2 aromatic rings. The molecule has 122 valence electrons. The monoisotopic (exact) mass is 311 g/mol. The molecule has 23 heavy (non-hydrogen) atoms. The van der Waals surface area contributed by atoms with Gasteiger partial charge >= 0.3 is 0 Å². The van der Waals surface area contributed by atoms with E-state index in [0.29, 0.717) is 5.75 Å². The number of benzene rings is 2. The van der Waals surface area contributed by atoms with Crippen LogP contribution in [0.2, 0.25) is 0 Å². The molecule has 1 saturated heterocycles. The second-order valence-electron chi connectivity index (χ2n) is 6.37. The van der Waals surface area contributed by atoms with Crippen LogP contribution in [-0.4, -0.2) is 34.2 Å². The molecule has 0 spiro atoms. The van der Waals surface area contributed by atoms with Crippen molar-refractivity contribution in [2.45, 2.75) is 37.8 Å². The van der Waals surface area contributed by atoms with Gasteiger partial charge in [-0.25, -0.2) is 0 Å². The van der Waals surface area contributed by atoms with Gasteiger partial charge < -0.3 is 10.2 Å². The SMILES string of the molecule is Oc1cccc(CCN2CCCC[C@@H]2[C@H](O)c2ccccc2)c1. The van der Waals surface area contributed by atoms with Gasteiger partial charge in [-0.3, -0.25) is 4.90 Å². The highest BCUT2D eigenvalue weighted by Crippen LogP contribution is 2.28. The molecule has 3 nitrogen and oxygen atoms in total. The second-order valence-corrected chi connectivity index (χ2v) is 6.37. The van der Waals surface area contributed by atoms with Crippen LogP contribution in [-0.2, 0) is 6.42 Å². The van der Waals surface area contributed by atoms with Crippen LogP contribution in [0.5, 0.6) is 5.75 Å². The number of rotatable bonds is 5. The highest BCUT2D eigenvalue weighted by molar-refractivity contribution is 5.27. The summed E-state index contributed by atoms with van der Waals surface area (Å²) in [5.74, 6) is 0.321. The molecule has 2 N–H and O–H groups in total. The van der Waals surface area contributed by atoms with Crippen molar-refractivity contribution in [3.05, 3.63) is 65.7 Å². The van der Waals surface area contributed by atoms with E-state index in [2.05, 4.69) is 4.90 Å². The van der Waals surface area contributed by atoms with E-state index in [1.54, 1.807) is 6.07 Å². The summed E-state index contributed by atoms with van der Waals surface area (Å²) in [4.78, 5) is 2.41. The minimum Gasteiger partial charge on any atom is -0.508 e. The van der Waals surface area contributed by atoms with E-state index in [0.717, 1.165) is 37.1 Å². The molecule has 1 aliphatic rings. The highest BCUT2D eigenvalue weighted by Gasteiger charge is 2.29. The molecule has 0 aromatic heterocycles. The Hall–Kier alpha value is -1.84. The lowest BCUT2D eigenvalue weighted by molar-refractivity contribution is 0.0255.